The van der Waals surface area contributed by atoms with Gasteiger partial charge >= 0.3 is 6.36 Å². The van der Waals surface area contributed by atoms with Gasteiger partial charge in [0, 0.05) is 11.1 Å². The van der Waals surface area contributed by atoms with Crippen LogP contribution in [0.5, 0.6) is 5.75 Å². The molecule has 1 aliphatic rings. The predicted molar refractivity (Wildman–Crippen MR) is 78.0 cm³/mol. The number of anilines is 1. The lowest BCUT2D eigenvalue weighted by atomic mass is 10.2. The second-order valence-electron chi connectivity index (χ2n) is 4.80. The molecule has 0 atom stereocenters. The Hall–Kier alpha value is -2.26. The number of fused-ring (bicyclic) bond motifs is 2. The maximum atomic E-state index is 12.7. The molecular weight excluding hydrogens is 371 g/mol. The number of benzene rings is 2. The SMILES string of the molecule is O=C1Nc2cc(OC(F)(F)F)ccc2S(=O)(=O)c2ccc(Cl)cc21. The molecule has 3 rings (SSSR count). The number of nitrogens with one attached hydrogen (secondary N) is 1. The molecule has 126 valence electrons. The first kappa shape index (κ1) is 16.6. The summed E-state index contributed by atoms with van der Waals surface area (Å²) in [5.74, 6) is -1.46. The van der Waals surface area contributed by atoms with Gasteiger partial charge in [0.2, 0.25) is 9.84 Å². The standard InChI is InChI=1S/C14H7ClF3NO4S/c15-7-1-3-11-9(5-7)13(20)19-10-6-8(23-14(16,17)18)2-4-12(10)24(11,21)22/h1-6H,(H,19,20). The third kappa shape index (κ3) is 2.92. The van der Waals surface area contributed by atoms with E-state index in [0.717, 1.165) is 18.2 Å². The Kier molecular flexibility index (Phi) is 3.72. The highest BCUT2D eigenvalue weighted by Gasteiger charge is 2.34. The van der Waals surface area contributed by atoms with Crippen molar-refractivity contribution < 1.29 is 31.1 Å². The monoisotopic (exact) mass is 377 g/mol. The molecule has 0 fully saturated rings. The topological polar surface area (TPSA) is 72.5 Å². The largest absolute Gasteiger partial charge is 0.573 e. The van der Waals surface area contributed by atoms with Gasteiger partial charge in [-0.3, -0.25) is 4.79 Å². The van der Waals surface area contributed by atoms with Crippen LogP contribution in [-0.2, 0) is 9.84 Å². The summed E-state index contributed by atoms with van der Waals surface area (Å²) in [5.41, 5.74) is -0.508. The molecule has 1 amide bonds. The third-order valence-corrected chi connectivity index (χ3v) is 5.30. The molecule has 0 aliphatic carbocycles. The van der Waals surface area contributed by atoms with E-state index in [2.05, 4.69) is 10.1 Å². The van der Waals surface area contributed by atoms with Crippen LogP contribution in [0.3, 0.4) is 0 Å². The molecule has 0 bridgehead atoms. The molecule has 10 heteroatoms. The number of carbonyl (C=O) groups is 1. The molecule has 0 radical (unpaired) electrons. The number of hydrogen-bond donors (Lipinski definition) is 1. The molecule has 0 spiro atoms. The Labute approximate surface area is 138 Å². The van der Waals surface area contributed by atoms with E-state index in [1.54, 1.807) is 0 Å². The maximum Gasteiger partial charge on any atom is 0.573 e. The summed E-state index contributed by atoms with van der Waals surface area (Å²) in [6, 6.07) is 6.24. The zero-order valence-electron chi connectivity index (χ0n) is 11.5. The van der Waals surface area contributed by atoms with E-state index >= 15 is 0 Å². The van der Waals surface area contributed by atoms with E-state index in [9.17, 15) is 26.4 Å². The summed E-state index contributed by atoms with van der Waals surface area (Å²) in [6.07, 6.45) is -4.95. The van der Waals surface area contributed by atoms with Crippen LogP contribution in [-0.4, -0.2) is 20.7 Å². The van der Waals surface area contributed by atoms with Gasteiger partial charge in [-0.05, 0) is 30.3 Å². The Bertz CT molecular complexity index is 957. The van der Waals surface area contributed by atoms with Crippen LogP contribution in [0.15, 0.2) is 46.2 Å². The lowest BCUT2D eigenvalue weighted by molar-refractivity contribution is -0.274. The van der Waals surface area contributed by atoms with Crippen molar-refractivity contribution in [3.63, 3.8) is 0 Å². The Balaban J connectivity index is 2.19. The highest BCUT2D eigenvalue weighted by molar-refractivity contribution is 7.91. The minimum absolute atomic E-state index is 0.145. The zero-order valence-corrected chi connectivity index (χ0v) is 13.1. The van der Waals surface area contributed by atoms with Gasteiger partial charge in [0.15, 0.2) is 0 Å². The van der Waals surface area contributed by atoms with Crippen molar-refractivity contribution in [2.45, 2.75) is 16.2 Å². The quantitative estimate of drug-likeness (QED) is 0.823. The number of alkyl halides is 3. The number of hydrogen-bond acceptors (Lipinski definition) is 4. The van der Waals surface area contributed by atoms with Gasteiger partial charge in [0.25, 0.3) is 5.91 Å². The lowest BCUT2D eigenvalue weighted by Gasteiger charge is -2.12. The van der Waals surface area contributed by atoms with Crippen LogP contribution in [0.25, 0.3) is 0 Å². The van der Waals surface area contributed by atoms with Crippen LogP contribution in [0.4, 0.5) is 18.9 Å². The van der Waals surface area contributed by atoms with Gasteiger partial charge in [0.05, 0.1) is 21.0 Å². The summed E-state index contributed by atoms with van der Waals surface area (Å²) in [4.78, 5) is 11.6. The van der Waals surface area contributed by atoms with Gasteiger partial charge in [0.1, 0.15) is 5.75 Å². The van der Waals surface area contributed by atoms with Crippen molar-refractivity contribution in [1.82, 2.24) is 0 Å². The van der Waals surface area contributed by atoms with Gasteiger partial charge in [-0.2, -0.15) is 0 Å². The number of ether oxygens (including phenoxy) is 1. The molecule has 1 heterocycles. The van der Waals surface area contributed by atoms with Crippen molar-refractivity contribution in [2.75, 3.05) is 5.32 Å². The fourth-order valence-corrected chi connectivity index (χ4v) is 4.00. The molecule has 1 N–H and O–H groups in total. The van der Waals surface area contributed by atoms with E-state index in [1.165, 1.54) is 18.2 Å². The Morgan fingerprint density at radius 1 is 1.04 bits per heavy atom. The number of carbonyl (C=O) groups excluding carboxylic acids is 1. The summed E-state index contributed by atoms with van der Waals surface area (Å²) >= 11 is 5.78. The summed E-state index contributed by atoms with van der Waals surface area (Å²) in [5, 5.41) is 2.41. The zero-order chi connectivity index (χ0) is 17.7. The minimum Gasteiger partial charge on any atom is -0.406 e. The summed E-state index contributed by atoms with van der Waals surface area (Å²) in [6.45, 7) is 0. The molecule has 0 aromatic heterocycles. The fourth-order valence-electron chi connectivity index (χ4n) is 2.26. The van der Waals surface area contributed by atoms with E-state index < -0.39 is 27.9 Å². The van der Waals surface area contributed by atoms with Crippen molar-refractivity contribution >= 4 is 33.0 Å². The van der Waals surface area contributed by atoms with E-state index in [-0.39, 0.29) is 26.1 Å². The van der Waals surface area contributed by atoms with Crippen LogP contribution in [0.1, 0.15) is 10.4 Å². The molecule has 0 unspecified atom stereocenters. The number of amides is 1. The first-order valence-corrected chi connectivity index (χ1v) is 8.20. The van der Waals surface area contributed by atoms with E-state index in [0.29, 0.717) is 0 Å². The average molecular weight is 378 g/mol. The van der Waals surface area contributed by atoms with Gasteiger partial charge < -0.3 is 10.1 Å². The van der Waals surface area contributed by atoms with Gasteiger partial charge in [-0.25, -0.2) is 8.42 Å². The first-order valence-electron chi connectivity index (χ1n) is 6.34. The molecule has 1 aliphatic heterocycles. The van der Waals surface area contributed by atoms with Crippen LogP contribution >= 0.6 is 11.6 Å². The van der Waals surface area contributed by atoms with E-state index in [1.807, 2.05) is 0 Å². The van der Waals surface area contributed by atoms with Crippen molar-refractivity contribution in [2.24, 2.45) is 0 Å². The van der Waals surface area contributed by atoms with Gasteiger partial charge in [-0.1, -0.05) is 11.6 Å². The van der Waals surface area contributed by atoms with Gasteiger partial charge in [-0.15, -0.1) is 13.2 Å². The van der Waals surface area contributed by atoms with Crippen molar-refractivity contribution in [1.29, 1.82) is 0 Å². The predicted octanol–water partition coefficient (Wildman–Crippen LogP) is 3.64. The second kappa shape index (κ2) is 5.38. The molecule has 5 nitrogen and oxygen atoms in total. The molecule has 2 aromatic rings. The number of rotatable bonds is 1. The van der Waals surface area contributed by atoms with Crippen molar-refractivity contribution in [3.8, 4) is 5.75 Å². The first-order chi connectivity index (χ1) is 11.1. The average Bonchev–Trinajstić information content (AvgIpc) is 2.51. The third-order valence-electron chi connectivity index (χ3n) is 3.20. The van der Waals surface area contributed by atoms with Crippen molar-refractivity contribution in [3.05, 3.63) is 47.0 Å². The summed E-state index contributed by atoms with van der Waals surface area (Å²) < 4.78 is 66.0. The van der Waals surface area contributed by atoms with Crippen LogP contribution in [0, 0.1) is 0 Å². The highest BCUT2D eigenvalue weighted by Crippen LogP contribution is 2.37. The maximum absolute atomic E-state index is 12.7. The van der Waals surface area contributed by atoms with E-state index in [4.69, 9.17) is 11.6 Å². The van der Waals surface area contributed by atoms with Crippen LogP contribution in [0.2, 0.25) is 5.02 Å². The van der Waals surface area contributed by atoms with Crippen LogP contribution < -0.4 is 10.1 Å². The molecule has 0 saturated heterocycles. The Morgan fingerprint density at radius 3 is 2.38 bits per heavy atom. The Morgan fingerprint density at radius 2 is 1.71 bits per heavy atom. The molecule has 0 saturated carbocycles. The molecule has 2 aromatic carbocycles. The minimum atomic E-state index is -4.95. The lowest BCUT2D eigenvalue weighted by Crippen LogP contribution is -2.17. The normalized spacial score (nSPS) is 15.8. The second-order valence-corrected chi connectivity index (χ2v) is 7.13. The number of sulfone groups is 1. The number of halogens is 4. The molecular formula is C14H7ClF3NO4S. The molecule has 24 heavy (non-hydrogen) atoms. The smallest absolute Gasteiger partial charge is 0.406 e. The summed E-state index contributed by atoms with van der Waals surface area (Å²) in [7, 11) is -4.13. The highest BCUT2D eigenvalue weighted by atomic mass is 35.5. The fraction of sp³-hybridized carbons (Fsp3) is 0.0714.